The Morgan fingerprint density at radius 1 is 0.639 bits per heavy atom. The van der Waals surface area contributed by atoms with Gasteiger partial charge in [-0.25, -0.2) is 0 Å². The summed E-state index contributed by atoms with van der Waals surface area (Å²) < 4.78 is 5.98. The van der Waals surface area contributed by atoms with Gasteiger partial charge in [0.05, 0.1) is 12.2 Å². The maximum Gasteiger partial charge on any atom is 0.225 e. The van der Waals surface area contributed by atoms with Crippen LogP contribution < -0.4 is 10.6 Å². The molecule has 5 heteroatoms. The molecule has 3 rings (SSSR count). The molecule has 36 heavy (non-hydrogen) atoms. The van der Waals surface area contributed by atoms with E-state index in [2.05, 4.69) is 31.4 Å². The molecular formula is C31H56N2O3. The molecule has 0 spiro atoms. The van der Waals surface area contributed by atoms with Crippen LogP contribution in [-0.4, -0.2) is 36.1 Å². The van der Waals surface area contributed by atoms with Crippen LogP contribution in [-0.2, 0) is 14.3 Å². The van der Waals surface area contributed by atoms with Crippen LogP contribution in [0.5, 0.6) is 0 Å². The van der Waals surface area contributed by atoms with Crippen molar-refractivity contribution in [3.05, 3.63) is 0 Å². The van der Waals surface area contributed by atoms with Gasteiger partial charge in [-0.05, 0) is 128 Å². The first-order valence-corrected chi connectivity index (χ1v) is 15.1. The second kappa shape index (κ2) is 13.1. The summed E-state index contributed by atoms with van der Waals surface area (Å²) >= 11 is 0. The summed E-state index contributed by atoms with van der Waals surface area (Å²) in [4.78, 5) is 25.0. The van der Waals surface area contributed by atoms with Gasteiger partial charge < -0.3 is 15.4 Å². The maximum absolute atomic E-state index is 12.7. The van der Waals surface area contributed by atoms with E-state index in [4.69, 9.17) is 4.74 Å². The predicted octanol–water partition coefficient (Wildman–Crippen LogP) is 6.78. The van der Waals surface area contributed by atoms with E-state index in [-0.39, 0.29) is 22.8 Å². The Bertz CT molecular complexity index is 684. The Morgan fingerprint density at radius 2 is 1.08 bits per heavy atom. The van der Waals surface area contributed by atoms with Crippen molar-refractivity contribution in [1.29, 1.82) is 0 Å². The number of carbonyl (C=O) groups excluding carboxylic acids is 2. The molecule has 0 saturated heterocycles. The van der Waals surface area contributed by atoms with Gasteiger partial charge in [0.15, 0.2) is 0 Å². The van der Waals surface area contributed by atoms with Gasteiger partial charge in [-0.2, -0.15) is 0 Å². The Hall–Kier alpha value is -1.10. The van der Waals surface area contributed by atoms with E-state index in [1.165, 1.54) is 57.8 Å². The Balaban J connectivity index is 1.26. The summed E-state index contributed by atoms with van der Waals surface area (Å²) in [6.45, 7) is 13.2. The number of nitrogens with one attached hydrogen (secondary N) is 2. The van der Waals surface area contributed by atoms with Gasteiger partial charge in [0.2, 0.25) is 11.8 Å². The molecule has 3 fully saturated rings. The minimum atomic E-state index is -0.300. The molecule has 0 aromatic carbocycles. The fraction of sp³-hybridized carbons (Fsp3) is 0.935. The Kier molecular flexibility index (Phi) is 10.7. The summed E-state index contributed by atoms with van der Waals surface area (Å²) in [6, 6.07) is 0.749. The second-order valence-electron chi connectivity index (χ2n) is 14.5. The quantitative estimate of drug-likeness (QED) is 0.383. The van der Waals surface area contributed by atoms with Gasteiger partial charge in [-0.1, -0.05) is 20.8 Å². The number of hydrogen-bond acceptors (Lipinski definition) is 3. The molecule has 0 heterocycles. The lowest BCUT2D eigenvalue weighted by Crippen LogP contribution is -2.43. The van der Waals surface area contributed by atoms with Crippen molar-refractivity contribution in [2.45, 2.75) is 149 Å². The molecule has 2 amide bonds. The van der Waals surface area contributed by atoms with E-state index in [1.807, 2.05) is 20.8 Å². The zero-order valence-corrected chi connectivity index (χ0v) is 24.3. The molecule has 0 unspecified atom stereocenters. The van der Waals surface area contributed by atoms with E-state index in [0.29, 0.717) is 30.3 Å². The zero-order chi connectivity index (χ0) is 26.3. The van der Waals surface area contributed by atoms with Crippen molar-refractivity contribution in [1.82, 2.24) is 10.6 Å². The number of carbonyl (C=O) groups is 2. The van der Waals surface area contributed by atoms with Crippen LogP contribution in [0.25, 0.3) is 0 Å². The Morgan fingerprint density at radius 3 is 1.56 bits per heavy atom. The molecule has 0 radical (unpaired) electrons. The highest BCUT2D eigenvalue weighted by molar-refractivity contribution is 5.81. The summed E-state index contributed by atoms with van der Waals surface area (Å²) in [5.41, 5.74) is -0.355. The first kappa shape index (κ1) is 29.5. The van der Waals surface area contributed by atoms with Crippen LogP contribution in [0.4, 0.5) is 0 Å². The van der Waals surface area contributed by atoms with Crippen LogP contribution >= 0.6 is 0 Å². The summed E-state index contributed by atoms with van der Waals surface area (Å²) in [5.74, 6) is 3.31. The van der Waals surface area contributed by atoms with E-state index >= 15 is 0 Å². The molecule has 3 aliphatic rings. The third-order valence-electron chi connectivity index (χ3n) is 8.93. The fourth-order valence-corrected chi connectivity index (χ4v) is 6.48. The monoisotopic (exact) mass is 504 g/mol. The minimum Gasteiger partial charge on any atom is -0.376 e. The number of rotatable bonds is 8. The van der Waals surface area contributed by atoms with Gasteiger partial charge in [0, 0.05) is 23.9 Å². The van der Waals surface area contributed by atoms with Crippen molar-refractivity contribution in [3.8, 4) is 0 Å². The van der Waals surface area contributed by atoms with E-state index in [1.54, 1.807) is 0 Å². The van der Waals surface area contributed by atoms with Crippen molar-refractivity contribution in [3.63, 3.8) is 0 Å². The fourth-order valence-electron chi connectivity index (χ4n) is 6.48. The van der Waals surface area contributed by atoms with Crippen LogP contribution in [0.1, 0.15) is 131 Å². The van der Waals surface area contributed by atoms with Crippen molar-refractivity contribution in [2.24, 2.45) is 29.1 Å². The predicted molar refractivity (Wildman–Crippen MR) is 148 cm³/mol. The van der Waals surface area contributed by atoms with Gasteiger partial charge in [-0.3, -0.25) is 9.59 Å². The zero-order valence-electron chi connectivity index (χ0n) is 24.3. The number of ether oxygens (including phenoxy) is 1. The lowest BCUT2D eigenvalue weighted by atomic mass is 9.75. The van der Waals surface area contributed by atoms with Crippen molar-refractivity contribution in [2.75, 3.05) is 6.61 Å². The van der Waals surface area contributed by atoms with Crippen LogP contribution in [0.2, 0.25) is 0 Å². The average molecular weight is 505 g/mol. The first-order chi connectivity index (χ1) is 16.9. The van der Waals surface area contributed by atoms with Crippen LogP contribution in [0.15, 0.2) is 0 Å². The molecule has 0 bridgehead atoms. The second-order valence-corrected chi connectivity index (χ2v) is 14.5. The molecule has 0 aromatic heterocycles. The molecule has 0 aliphatic heterocycles. The van der Waals surface area contributed by atoms with Gasteiger partial charge in [-0.15, -0.1) is 0 Å². The lowest BCUT2D eigenvalue weighted by molar-refractivity contribution is -0.129. The highest BCUT2D eigenvalue weighted by Gasteiger charge is 2.30. The number of hydrogen-bond donors (Lipinski definition) is 2. The number of amides is 2. The molecule has 2 N–H and O–H groups in total. The third-order valence-corrected chi connectivity index (χ3v) is 8.93. The summed E-state index contributed by atoms with van der Waals surface area (Å²) in [5, 5.41) is 6.64. The normalized spacial score (nSPS) is 32.1. The van der Waals surface area contributed by atoms with Crippen LogP contribution in [0.3, 0.4) is 0 Å². The van der Waals surface area contributed by atoms with E-state index in [9.17, 15) is 9.59 Å². The van der Waals surface area contributed by atoms with Crippen LogP contribution in [0, 0.1) is 29.1 Å². The molecule has 3 aliphatic carbocycles. The van der Waals surface area contributed by atoms with Gasteiger partial charge >= 0.3 is 0 Å². The van der Waals surface area contributed by atoms with Crippen molar-refractivity contribution < 1.29 is 14.3 Å². The SMILES string of the molecule is CC(C)(C)OCC1CCC(CC(=O)NC2CCC(CC3CCC(NC(=O)C(C)(C)C)CC3)CC2)CC1. The summed E-state index contributed by atoms with van der Waals surface area (Å²) in [6.07, 6.45) is 16.3. The molecule has 0 atom stereocenters. The highest BCUT2D eigenvalue weighted by atomic mass is 16.5. The maximum atomic E-state index is 12.7. The lowest BCUT2D eigenvalue weighted by Gasteiger charge is -2.35. The standard InChI is InChI=1S/C31H56N2O3/c1-30(2,3)29(35)33-27-17-13-23(14-18-27)19-22-11-15-26(16-12-22)32-28(34)20-24-7-9-25(10-8-24)21-36-31(4,5)6/h22-27H,7-21H2,1-6H3,(H,32,34)(H,33,35). The summed E-state index contributed by atoms with van der Waals surface area (Å²) in [7, 11) is 0. The average Bonchev–Trinajstić information content (AvgIpc) is 2.80. The minimum absolute atomic E-state index is 0.0553. The van der Waals surface area contributed by atoms with E-state index in [0.717, 1.165) is 44.1 Å². The Labute approximate surface area is 221 Å². The smallest absolute Gasteiger partial charge is 0.225 e. The first-order valence-electron chi connectivity index (χ1n) is 15.1. The molecule has 5 nitrogen and oxygen atoms in total. The van der Waals surface area contributed by atoms with E-state index < -0.39 is 0 Å². The van der Waals surface area contributed by atoms with Crippen molar-refractivity contribution >= 4 is 11.8 Å². The molecular weight excluding hydrogens is 448 g/mol. The largest absolute Gasteiger partial charge is 0.376 e. The molecule has 3 saturated carbocycles. The third kappa shape index (κ3) is 10.3. The highest BCUT2D eigenvalue weighted by Crippen LogP contribution is 2.36. The molecule has 0 aromatic rings. The van der Waals surface area contributed by atoms with Gasteiger partial charge in [0.25, 0.3) is 0 Å². The molecule has 208 valence electrons. The topological polar surface area (TPSA) is 67.4 Å². The van der Waals surface area contributed by atoms with Gasteiger partial charge in [0.1, 0.15) is 0 Å².